The van der Waals surface area contributed by atoms with E-state index in [4.69, 9.17) is 30.5 Å². The number of carboxylic acids is 1. The first-order valence-electron chi connectivity index (χ1n) is 15.1. The largest absolute Gasteiger partial charge is 0.490 e. The first-order chi connectivity index (χ1) is 23.9. The molecule has 0 spiro atoms. The maximum Gasteiger partial charge on any atom is 0.490 e. The Morgan fingerprint density at radius 2 is 1.71 bits per heavy atom. The molecule has 1 saturated heterocycles. The number of methoxy groups -OCH3 is 1. The average Bonchev–Trinajstić information content (AvgIpc) is 3.07. The van der Waals surface area contributed by atoms with Gasteiger partial charge in [-0.2, -0.15) is 17.9 Å². The van der Waals surface area contributed by atoms with E-state index >= 15 is 0 Å². The molecule has 274 valence electrons. The van der Waals surface area contributed by atoms with Gasteiger partial charge in [0.2, 0.25) is 15.9 Å². The molecule has 2 amide bonds. The summed E-state index contributed by atoms with van der Waals surface area (Å²) in [5.74, 6) is -4.26. The number of aliphatic carboxylic acids is 1. The summed E-state index contributed by atoms with van der Waals surface area (Å²) in [4.78, 5) is 49.0. The van der Waals surface area contributed by atoms with Gasteiger partial charge in [-0.25, -0.2) is 18.0 Å². The molecule has 0 aromatic heterocycles. The van der Waals surface area contributed by atoms with E-state index in [1.165, 1.54) is 12.1 Å². The molecule has 1 aliphatic heterocycles. The highest BCUT2D eigenvalue weighted by molar-refractivity contribution is 7.89. The standard InChI is InChI=1S/C31H35N5O7S.C2HF3O2/c1-20-7-6-10-25(15-20)44(40,41)35-26(30(38)42-2)18-34-28(37)17-24-16-27(22-11-13-23(14-12-22)29(32)33)36(31(39)43-24)19-21-8-4-3-5-9-21;3-2(4,5)1(6)7/h3-15,24,26-27,35H,16-19H2,1-2H3,(H3,32,33)(H,34,37);(H,6,7)/t24-,26+,27+;/m1./s1. The zero-order valence-electron chi connectivity index (χ0n) is 27.3. The summed E-state index contributed by atoms with van der Waals surface area (Å²) in [5.41, 5.74) is 8.54. The van der Waals surface area contributed by atoms with Crippen molar-refractivity contribution in [3.63, 3.8) is 0 Å². The fourth-order valence-corrected chi connectivity index (χ4v) is 6.18. The number of aryl methyl sites for hydroxylation is 1. The Kier molecular flexibility index (Phi) is 13.7. The van der Waals surface area contributed by atoms with Gasteiger partial charge >= 0.3 is 24.2 Å². The first kappa shape index (κ1) is 39.9. The minimum atomic E-state index is -5.08. The molecule has 0 saturated carbocycles. The number of nitrogens with zero attached hydrogens (tertiary/aromatic N) is 1. The predicted molar refractivity (Wildman–Crippen MR) is 176 cm³/mol. The van der Waals surface area contributed by atoms with E-state index in [2.05, 4.69) is 10.0 Å². The van der Waals surface area contributed by atoms with Crippen molar-refractivity contribution >= 4 is 39.8 Å². The number of hydrogen-bond acceptors (Lipinski definition) is 9. The van der Waals surface area contributed by atoms with E-state index in [1.54, 1.807) is 48.2 Å². The molecule has 3 aromatic carbocycles. The van der Waals surface area contributed by atoms with Crippen LogP contribution in [-0.4, -0.2) is 80.2 Å². The molecule has 1 fully saturated rings. The molecule has 14 nitrogen and oxygen atoms in total. The third-order valence-corrected chi connectivity index (χ3v) is 8.88. The minimum Gasteiger partial charge on any atom is -0.475 e. The Bertz CT molecular complexity index is 1830. The Balaban J connectivity index is 0.000000908. The fraction of sp³-hybridized carbons (Fsp3) is 0.303. The van der Waals surface area contributed by atoms with Gasteiger partial charge in [-0.15, -0.1) is 0 Å². The molecule has 4 rings (SSSR count). The van der Waals surface area contributed by atoms with Crippen LogP contribution in [0.15, 0.2) is 83.8 Å². The topological polar surface area (TPSA) is 218 Å². The number of amidine groups is 1. The lowest BCUT2D eigenvalue weighted by molar-refractivity contribution is -0.192. The molecule has 3 aromatic rings. The molecule has 1 heterocycles. The van der Waals surface area contributed by atoms with Gasteiger partial charge < -0.3 is 25.6 Å². The van der Waals surface area contributed by atoms with Crippen molar-refractivity contribution in [3.05, 3.63) is 101 Å². The maximum atomic E-state index is 13.2. The van der Waals surface area contributed by atoms with Gasteiger partial charge in [0.25, 0.3) is 0 Å². The van der Waals surface area contributed by atoms with E-state index in [-0.39, 0.29) is 36.7 Å². The monoisotopic (exact) mass is 735 g/mol. The van der Waals surface area contributed by atoms with Crippen LogP contribution < -0.4 is 15.8 Å². The Hall–Kier alpha value is -5.49. The number of nitrogen functional groups attached to an aromatic ring is 1. The Labute approximate surface area is 291 Å². The van der Waals surface area contributed by atoms with E-state index in [0.29, 0.717) is 11.1 Å². The smallest absolute Gasteiger partial charge is 0.475 e. The highest BCUT2D eigenvalue weighted by Crippen LogP contribution is 2.34. The number of nitrogens with one attached hydrogen (secondary N) is 3. The lowest BCUT2D eigenvalue weighted by atomic mass is 9.94. The summed E-state index contributed by atoms with van der Waals surface area (Å²) in [6, 6.07) is 20.7. The number of nitrogens with two attached hydrogens (primary N) is 1. The lowest BCUT2D eigenvalue weighted by Gasteiger charge is -2.39. The van der Waals surface area contributed by atoms with Crippen LogP contribution in [0.25, 0.3) is 0 Å². The summed E-state index contributed by atoms with van der Waals surface area (Å²) in [6.07, 6.45) is -6.42. The number of rotatable bonds is 12. The quantitative estimate of drug-likeness (QED) is 0.104. The zero-order valence-corrected chi connectivity index (χ0v) is 28.2. The summed E-state index contributed by atoms with van der Waals surface area (Å²) in [7, 11) is -2.98. The number of carbonyl (C=O) groups excluding carboxylic acids is 3. The number of cyclic esters (lactones) is 1. The minimum absolute atomic E-state index is 0.0331. The first-order valence-corrected chi connectivity index (χ1v) is 16.6. The van der Waals surface area contributed by atoms with Crippen molar-refractivity contribution in [1.29, 1.82) is 5.41 Å². The van der Waals surface area contributed by atoms with Gasteiger partial charge in [-0.05, 0) is 35.7 Å². The number of amides is 2. The number of hydrogen-bond donors (Lipinski definition) is 5. The highest BCUT2D eigenvalue weighted by Gasteiger charge is 2.39. The fourth-order valence-electron chi connectivity index (χ4n) is 4.89. The van der Waals surface area contributed by atoms with E-state index in [1.807, 2.05) is 30.3 Å². The van der Waals surface area contributed by atoms with Crippen molar-refractivity contribution in [2.24, 2.45) is 5.73 Å². The van der Waals surface area contributed by atoms with Gasteiger partial charge in [0, 0.05) is 25.1 Å². The van der Waals surface area contributed by atoms with E-state index in [0.717, 1.165) is 18.2 Å². The van der Waals surface area contributed by atoms with Crippen molar-refractivity contribution in [2.75, 3.05) is 13.7 Å². The molecule has 6 N–H and O–H groups in total. The third kappa shape index (κ3) is 11.8. The SMILES string of the molecule is COC(=O)[C@H](CNC(=O)C[C@H]1C[C@@H](c2ccc(C(=N)N)cc2)N(Cc2ccccc2)C(=O)O1)NS(=O)(=O)c1cccc(C)c1.O=C(O)C(F)(F)F. The van der Waals surface area contributed by atoms with Gasteiger partial charge in [-0.1, -0.05) is 66.7 Å². The zero-order chi connectivity index (χ0) is 37.9. The summed E-state index contributed by atoms with van der Waals surface area (Å²) < 4.78 is 70.2. The van der Waals surface area contributed by atoms with Gasteiger partial charge in [-0.3, -0.25) is 19.9 Å². The number of carboxylic acid groups (broad SMARTS) is 1. The Morgan fingerprint density at radius 1 is 1.08 bits per heavy atom. The van der Waals surface area contributed by atoms with Crippen LogP contribution in [0.5, 0.6) is 0 Å². The van der Waals surface area contributed by atoms with Crippen LogP contribution in [0.2, 0.25) is 0 Å². The summed E-state index contributed by atoms with van der Waals surface area (Å²) >= 11 is 0. The molecule has 18 heteroatoms. The number of ether oxygens (including phenoxy) is 2. The number of alkyl halides is 3. The molecule has 3 atom stereocenters. The highest BCUT2D eigenvalue weighted by atomic mass is 32.2. The second-order valence-electron chi connectivity index (χ2n) is 11.2. The number of halogens is 3. The second-order valence-corrected chi connectivity index (χ2v) is 12.9. The van der Waals surface area contributed by atoms with Crippen LogP contribution in [0, 0.1) is 12.3 Å². The van der Waals surface area contributed by atoms with Crippen molar-refractivity contribution in [1.82, 2.24) is 14.9 Å². The number of benzene rings is 3. The van der Waals surface area contributed by atoms with Gasteiger partial charge in [0.1, 0.15) is 18.0 Å². The average molecular weight is 736 g/mol. The molecule has 0 unspecified atom stereocenters. The number of sulfonamides is 1. The van der Waals surface area contributed by atoms with E-state index < -0.39 is 58.3 Å². The van der Waals surface area contributed by atoms with Gasteiger partial charge in [0.05, 0.1) is 24.5 Å². The number of esters is 1. The van der Waals surface area contributed by atoms with Crippen LogP contribution in [0.4, 0.5) is 18.0 Å². The van der Waals surface area contributed by atoms with Crippen LogP contribution in [0.1, 0.15) is 41.1 Å². The van der Waals surface area contributed by atoms with Crippen molar-refractivity contribution < 1.29 is 55.3 Å². The summed E-state index contributed by atoms with van der Waals surface area (Å²) in [6.45, 7) is 1.63. The molecular weight excluding hydrogens is 699 g/mol. The van der Waals surface area contributed by atoms with Crippen LogP contribution in [-0.2, 0) is 40.4 Å². The number of carbonyl (C=O) groups is 4. The molecule has 0 aliphatic carbocycles. The maximum absolute atomic E-state index is 13.2. The third-order valence-electron chi connectivity index (χ3n) is 7.41. The summed E-state index contributed by atoms with van der Waals surface area (Å²) in [5, 5.41) is 17.4. The molecule has 1 aliphatic rings. The van der Waals surface area contributed by atoms with Gasteiger partial charge in [0.15, 0.2) is 0 Å². The molecular formula is C33H36F3N5O9S. The normalized spacial score (nSPS) is 16.5. The van der Waals surface area contributed by atoms with Crippen LogP contribution in [0.3, 0.4) is 0 Å². The van der Waals surface area contributed by atoms with E-state index in [9.17, 15) is 36.0 Å². The van der Waals surface area contributed by atoms with Crippen molar-refractivity contribution in [2.45, 2.75) is 55.6 Å². The lowest BCUT2D eigenvalue weighted by Crippen LogP contribution is -2.50. The Morgan fingerprint density at radius 3 is 2.25 bits per heavy atom. The molecule has 0 bridgehead atoms. The molecule has 51 heavy (non-hydrogen) atoms. The molecule has 0 radical (unpaired) electrons. The van der Waals surface area contributed by atoms with Crippen molar-refractivity contribution in [3.8, 4) is 0 Å². The second kappa shape index (κ2) is 17.4. The predicted octanol–water partition coefficient (Wildman–Crippen LogP) is 3.39. The van der Waals surface area contributed by atoms with Crippen LogP contribution >= 0.6 is 0 Å².